The van der Waals surface area contributed by atoms with Gasteiger partial charge in [-0.3, -0.25) is 9.59 Å². The Morgan fingerprint density at radius 1 is 1.26 bits per heavy atom. The van der Waals surface area contributed by atoms with Gasteiger partial charge in [0, 0.05) is 10.6 Å². The van der Waals surface area contributed by atoms with Crippen LogP contribution in [-0.4, -0.2) is 18.0 Å². The van der Waals surface area contributed by atoms with Crippen molar-refractivity contribution in [2.45, 2.75) is 39.7 Å². The average molecular weight is 331 g/mol. The average Bonchev–Trinajstić information content (AvgIpc) is 3.01. The second-order valence-corrected chi connectivity index (χ2v) is 6.55. The van der Waals surface area contributed by atoms with Crippen molar-refractivity contribution in [2.75, 3.05) is 5.32 Å². The Bertz CT molecular complexity index is 680. The molecule has 1 amide bonds. The number of hydrogen-bond acceptors (Lipinski definition) is 4. The first-order valence-corrected chi connectivity index (χ1v) is 8.43. The number of thiophene rings is 1. The normalized spacial score (nSPS) is 11.8. The van der Waals surface area contributed by atoms with Gasteiger partial charge >= 0.3 is 5.97 Å². The Balaban J connectivity index is 1.83. The maximum atomic E-state index is 12.1. The van der Waals surface area contributed by atoms with Gasteiger partial charge in [0.1, 0.15) is 0 Å². The van der Waals surface area contributed by atoms with Gasteiger partial charge in [-0.15, -0.1) is 11.3 Å². The highest BCUT2D eigenvalue weighted by Gasteiger charge is 2.18. The Kier molecular flexibility index (Phi) is 5.93. The molecule has 0 aliphatic heterocycles. The number of nitrogens with one attached hydrogen (secondary N) is 1. The minimum Gasteiger partial charge on any atom is -0.453 e. The zero-order valence-corrected chi connectivity index (χ0v) is 14.4. The molecule has 0 fully saturated rings. The van der Waals surface area contributed by atoms with E-state index in [1.165, 1.54) is 0 Å². The minimum absolute atomic E-state index is 0.279. The minimum atomic E-state index is -0.813. The SMILES string of the molecule is Cc1ccc(NC(=O)[C@H](C)OC(=O)CCc2cccs2)c(C)c1. The zero-order valence-electron chi connectivity index (χ0n) is 13.6. The molecule has 0 bridgehead atoms. The van der Waals surface area contributed by atoms with Crippen molar-refractivity contribution < 1.29 is 14.3 Å². The summed E-state index contributed by atoms with van der Waals surface area (Å²) in [6, 6.07) is 9.71. The number of carbonyl (C=O) groups is 2. The van der Waals surface area contributed by atoms with Crippen molar-refractivity contribution in [3.8, 4) is 0 Å². The maximum Gasteiger partial charge on any atom is 0.306 e. The lowest BCUT2D eigenvalue weighted by Gasteiger charge is -2.15. The number of rotatable bonds is 6. The quantitative estimate of drug-likeness (QED) is 0.818. The smallest absolute Gasteiger partial charge is 0.306 e. The molecule has 23 heavy (non-hydrogen) atoms. The van der Waals surface area contributed by atoms with Gasteiger partial charge in [0.15, 0.2) is 6.10 Å². The third kappa shape index (κ3) is 5.21. The van der Waals surface area contributed by atoms with Crippen LogP contribution in [0.3, 0.4) is 0 Å². The van der Waals surface area contributed by atoms with Crippen LogP contribution in [-0.2, 0) is 20.7 Å². The molecule has 0 spiro atoms. The number of anilines is 1. The molecule has 1 N–H and O–H groups in total. The molecule has 2 rings (SSSR count). The highest BCUT2D eigenvalue weighted by Crippen LogP contribution is 2.17. The van der Waals surface area contributed by atoms with Crippen molar-refractivity contribution in [1.82, 2.24) is 0 Å². The second-order valence-electron chi connectivity index (χ2n) is 5.52. The zero-order chi connectivity index (χ0) is 16.8. The molecule has 0 aliphatic rings. The Labute approximate surface area is 140 Å². The predicted molar refractivity (Wildman–Crippen MR) is 92.7 cm³/mol. The first kappa shape index (κ1) is 17.2. The molecule has 0 unspecified atom stereocenters. The van der Waals surface area contributed by atoms with Crippen LogP contribution in [0.1, 0.15) is 29.3 Å². The summed E-state index contributed by atoms with van der Waals surface area (Å²) in [5.74, 6) is -0.678. The summed E-state index contributed by atoms with van der Waals surface area (Å²) in [6.45, 7) is 5.51. The van der Waals surface area contributed by atoms with Gasteiger partial charge in [-0.2, -0.15) is 0 Å². The van der Waals surface area contributed by atoms with E-state index in [0.717, 1.165) is 21.7 Å². The molecule has 122 valence electrons. The van der Waals surface area contributed by atoms with Crippen molar-refractivity contribution in [2.24, 2.45) is 0 Å². The van der Waals surface area contributed by atoms with Crippen LogP contribution in [0, 0.1) is 13.8 Å². The van der Waals surface area contributed by atoms with Gasteiger partial charge in [0.2, 0.25) is 0 Å². The summed E-state index contributed by atoms with van der Waals surface area (Å²) in [5.41, 5.74) is 2.85. The first-order valence-electron chi connectivity index (χ1n) is 7.55. The van der Waals surface area contributed by atoms with Crippen LogP contribution in [0.25, 0.3) is 0 Å². The van der Waals surface area contributed by atoms with Gasteiger partial charge in [-0.05, 0) is 50.3 Å². The summed E-state index contributed by atoms with van der Waals surface area (Å²) in [7, 11) is 0. The molecule has 1 heterocycles. The maximum absolute atomic E-state index is 12.1. The number of esters is 1. The third-order valence-corrected chi connectivity index (χ3v) is 4.41. The topological polar surface area (TPSA) is 55.4 Å². The lowest BCUT2D eigenvalue weighted by Crippen LogP contribution is -2.30. The van der Waals surface area contributed by atoms with E-state index in [9.17, 15) is 9.59 Å². The van der Waals surface area contributed by atoms with Gasteiger partial charge in [-0.1, -0.05) is 23.8 Å². The number of benzene rings is 1. The number of carbonyl (C=O) groups excluding carboxylic acids is 2. The largest absolute Gasteiger partial charge is 0.453 e. The fourth-order valence-corrected chi connectivity index (χ4v) is 2.89. The van der Waals surface area contributed by atoms with Crippen LogP contribution >= 0.6 is 11.3 Å². The molecular formula is C18H21NO3S. The number of aryl methyl sites for hydroxylation is 3. The summed E-state index contributed by atoms with van der Waals surface area (Å²) in [4.78, 5) is 25.1. The summed E-state index contributed by atoms with van der Waals surface area (Å²) in [5, 5.41) is 4.77. The van der Waals surface area contributed by atoms with Crippen LogP contribution < -0.4 is 5.32 Å². The van der Waals surface area contributed by atoms with E-state index < -0.39 is 6.10 Å². The van der Waals surface area contributed by atoms with E-state index in [2.05, 4.69) is 5.32 Å². The van der Waals surface area contributed by atoms with Gasteiger partial charge in [0.05, 0.1) is 6.42 Å². The number of hydrogen-bond donors (Lipinski definition) is 1. The molecular weight excluding hydrogens is 310 g/mol. The molecule has 1 atom stereocenters. The molecule has 0 saturated carbocycles. The number of amides is 1. The Morgan fingerprint density at radius 2 is 2.04 bits per heavy atom. The van der Waals surface area contributed by atoms with E-state index in [4.69, 9.17) is 4.74 Å². The molecule has 1 aromatic carbocycles. The lowest BCUT2D eigenvalue weighted by atomic mass is 10.1. The summed E-state index contributed by atoms with van der Waals surface area (Å²) < 4.78 is 5.20. The van der Waals surface area contributed by atoms with E-state index >= 15 is 0 Å². The molecule has 1 aromatic heterocycles. The molecule has 0 saturated heterocycles. The van der Waals surface area contributed by atoms with Crippen molar-refractivity contribution in [3.05, 3.63) is 51.7 Å². The molecule has 2 aromatic rings. The van der Waals surface area contributed by atoms with Crippen molar-refractivity contribution in [3.63, 3.8) is 0 Å². The fourth-order valence-electron chi connectivity index (χ4n) is 2.18. The Hall–Kier alpha value is -2.14. The second kappa shape index (κ2) is 7.92. The van der Waals surface area contributed by atoms with E-state index in [1.54, 1.807) is 18.3 Å². The molecule has 5 heteroatoms. The van der Waals surface area contributed by atoms with Gasteiger partial charge in [-0.25, -0.2) is 0 Å². The summed E-state index contributed by atoms with van der Waals surface area (Å²) >= 11 is 1.61. The van der Waals surface area contributed by atoms with E-state index in [-0.39, 0.29) is 18.3 Å². The van der Waals surface area contributed by atoms with Crippen LogP contribution in [0.5, 0.6) is 0 Å². The van der Waals surface area contributed by atoms with Crippen LogP contribution in [0.4, 0.5) is 5.69 Å². The highest BCUT2D eigenvalue weighted by atomic mass is 32.1. The van der Waals surface area contributed by atoms with E-state index in [0.29, 0.717) is 6.42 Å². The molecule has 4 nitrogen and oxygen atoms in total. The van der Waals surface area contributed by atoms with Gasteiger partial charge in [0.25, 0.3) is 5.91 Å². The predicted octanol–water partition coefficient (Wildman–Crippen LogP) is 3.87. The monoisotopic (exact) mass is 331 g/mol. The van der Waals surface area contributed by atoms with Crippen LogP contribution in [0.2, 0.25) is 0 Å². The third-order valence-electron chi connectivity index (χ3n) is 3.47. The van der Waals surface area contributed by atoms with Crippen molar-refractivity contribution >= 4 is 28.9 Å². The lowest BCUT2D eigenvalue weighted by molar-refractivity contribution is -0.153. The first-order chi connectivity index (χ1) is 11.0. The van der Waals surface area contributed by atoms with Crippen LogP contribution in [0.15, 0.2) is 35.7 Å². The summed E-state index contributed by atoms with van der Waals surface area (Å²) in [6.07, 6.45) is 0.107. The number of ether oxygens (including phenoxy) is 1. The highest BCUT2D eigenvalue weighted by molar-refractivity contribution is 7.09. The Morgan fingerprint density at radius 3 is 2.70 bits per heavy atom. The standard InChI is InChI=1S/C18H21NO3S/c1-12-6-8-16(13(2)11-12)19-18(21)14(3)22-17(20)9-7-15-5-4-10-23-15/h4-6,8,10-11,14H,7,9H2,1-3H3,(H,19,21)/t14-/m0/s1. The molecule has 0 radical (unpaired) electrons. The fraction of sp³-hybridized carbons (Fsp3) is 0.333. The van der Waals surface area contributed by atoms with E-state index in [1.807, 2.05) is 49.6 Å². The molecule has 0 aliphatic carbocycles. The van der Waals surface area contributed by atoms with Gasteiger partial charge < -0.3 is 10.1 Å². The van der Waals surface area contributed by atoms with Crippen molar-refractivity contribution in [1.29, 1.82) is 0 Å².